The topological polar surface area (TPSA) is 58.6 Å². The first-order valence-corrected chi connectivity index (χ1v) is 7.54. The van der Waals surface area contributed by atoms with E-state index >= 15 is 0 Å². The Bertz CT molecular complexity index is 469. The van der Waals surface area contributed by atoms with Crippen LogP contribution in [0.4, 0.5) is 0 Å². The first-order valence-electron chi connectivity index (χ1n) is 7.54. The number of rotatable bonds is 7. The molecule has 0 bridgehead atoms. The second kappa shape index (κ2) is 8.03. The van der Waals surface area contributed by atoms with Crippen molar-refractivity contribution in [3.05, 3.63) is 29.3 Å². The number of hydrogen-bond acceptors (Lipinski definition) is 3. The molecule has 118 valence electrons. The fourth-order valence-corrected chi connectivity index (χ4v) is 1.97. The minimum atomic E-state index is -0.629. The van der Waals surface area contributed by atoms with E-state index in [0.717, 1.165) is 12.0 Å². The standard InChI is InChI=1S/C17H27NO3/c1-11(2)8-9-18-17(20)14(5)21-16-7-6-12(3)10-15(16)13(4)19/h6-7,10-11,13-14,19H,8-9H2,1-5H3,(H,18,20)/t13-,14?/m1/s1. The van der Waals surface area contributed by atoms with Crippen molar-refractivity contribution in [1.29, 1.82) is 0 Å². The maximum atomic E-state index is 12.0. The van der Waals surface area contributed by atoms with Crippen LogP contribution in [0, 0.1) is 12.8 Å². The summed E-state index contributed by atoms with van der Waals surface area (Å²) in [5.41, 5.74) is 1.75. The zero-order valence-electron chi connectivity index (χ0n) is 13.6. The number of aryl methyl sites for hydroxylation is 1. The number of carbonyl (C=O) groups excluding carboxylic acids is 1. The van der Waals surface area contributed by atoms with E-state index < -0.39 is 12.2 Å². The molecular formula is C17H27NO3. The van der Waals surface area contributed by atoms with Gasteiger partial charge in [-0.05, 0) is 45.2 Å². The highest BCUT2D eigenvalue weighted by atomic mass is 16.5. The monoisotopic (exact) mass is 293 g/mol. The van der Waals surface area contributed by atoms with Gasteiger partial charge >= 0.3 is 0 Å². The quantitative estimate of drug-likeness (QED) is 0.812. The molecule has 1 rings (SSSR count). The molecule has 0 heterocycles. The van der Waals surface area contributed by atoms with Crippen LogP contribution >= 0.6 is 0 Å². The molecule has 0 saturated carbocycles. The van der Waals surface area contributed by atoms with Crippen molar-refractivity contribution in [3.8, 4) is 5.75 Å². The van der Waals surface area contributed by atoms with E-state index in [9.17, 15) is 9.90 Å². The Morgan fingerprint density at radius 1 is 1.29 bits per heavy atom. The number of benzene rings is 1. The van der Waals surface area contributed by atoms with E-state index in [2.05, 4.69) is 19.2 Å². The number of carbonyl (C=O) groups is 1. The number of amides is 1. The number of ether oxygens (including phenoxy) is 1. The van der Waals surface area contributed by atoms with Crippen LogP contribution in [-0.4, -0.2) is 23.7 Å². The van der Waals surface area contributed by atoms with E-state index in [1.165, 1.54) is 0 Å². The molecule has 0 spiro atoms. The van der Waals surface area contributed by atoms with Crippen LogP contribution in [0.5, 0.6) is 5.75 Å². The van der Waals surface area contributed by atoms with Gasteiger partial charge in [-0.2, -0.15) is 0 Å². The summed E-state index contributed by atoms with van der Waals surface area (Å²) in [6, 6.07) is 5.59. The average molecular weight is 293 g/mol. The minimum Gasteiger partial charge on any atom is -0.481 e. The van der Waals surface area contributed by atoms with Crippen molar-refractivity contribution < 1.29 is 14.6 Å². The molecule has 0 fully saturated rings. The third kappa shape index (κ3) is 5.76. The summed E-state index contributed by atoms with van der Waals surface area (Å²) >= 11 is 0. The van der Waals surface area contributed by atoms with Gasteiger partial charge < -0.3 is 15.2 Å². The van der Waals surface area contributed by atoms with Crippen molar-refractivity contribution >= 4 is 5.91 Å². The zero-order valence-corrected chi connectivity index (χ0v) is 13.6. The summed E-state index contributed by atoms with van der Waals surface area (Å²) in [6.45, 7) is 10.3. The molecule has 1 aromatic rings. The van der Waals surface area contributed by atoms with E-state index in [-0.39, 0.29) is 5.91 Å². The highest BCUT2D eigenvalue weighted by Crippen LogP contribution is 2.27. The molecule has 0 aliphatic heterocycles. The fraction of sp³-hybridized carbons (Fsp3) is 0.588. The molecular weight excluding hydrogens is 266 g/mol. The number of aliphatic hydroxyl groups is 1. The van der Waals surface area contributed by atoms with Crippen LogP contribution in [-0.2, 0) is 4.79 Å². The van der Waals surface area contributed by atoms with Crippen molar-refractivity contribution in [2.24, 2.45) is 5.92 Å². The molecule has 1 unspecified atom stereocenters. The van der Waals surface area contributed by atoms with E-state index in [1.54, 1.807) is 19.9 Å². The van der Waals surface area contributed by atoms with Gasteiger partial charge in [-0.15, -0.1) is 0 Å². The predicted octanol–water partition coefficient (Wildman–Crippen LogP) is 2.98. The van der Waals surface area contributed by atoms with Gasteiger partial charge in [-0.25, -0.2) is 0 Å². The summed E-state index contributed by atoms with van der Waals surface area (Å²) < 4.78 is 5.71. The van der Waals surface area contributed by atoms with Gasteiger partial charge in [0.1, 0.15) is 5.75 Å². The molecule has 0 radical (unpaired) electrons. The first kappa shape index (κ1) is 17.5. The summed E-state index contributed by atoms with van der Waals surface area (Å²) in [5.74, 6) is 0.982. The largest absolute Gasteiger partial charge is 0.481 e. The highest BCUT2D eigenvalue weighted by molar-refractivity contribution is 5.80. The van der Waals surface area contributed by atoms with Gasteiger partial charge in [-0.3, -0.25) is 4.79 Å². The fourth-order valence-electron chi connectivity index (χ4n) is 1.97. The molecule has 2 atom stereocenters. The second-order valence-electron chi connectivity index (χ2n) is 5.95. The molecule has 1 amide bonds. The number of nitrogens with one attached hydrogen (secondary N) is 1. The maximum Gasteiger partial charge on any atom is 0.260 e. The maximum absolute atomic E-state index is 12.0. The SMILES string of the molecule is Cc1ccc(OC(C)C(=O)NCCC(C)C)c([C@@H](C)O)c1. The Kier molecular flexibility index (Phi) is 6.69. The molecule has 2 N–H and O–H groups in total. The Hall–Kier alpha value is -1.55. The number of hydrogen-bond donors (Lipinski definition) is 2. The van der Waals surface area contributed by atoms with Gasteiger partial charge in [0.25, 0.3) is 5.91 Å². The summed E-state index contributed by atoms with van der Waals surface area (Å²) in [7, 11) is 0. The smallest absolute Gasteiger partial charge is 0.260 e. The van der Waals surface area contributed by atoms with Crippen molar-refractivity contribution in [2.75, 3.05) is 6.54 Å². The summed E-state index contributed by atoms with van der Waals surface area (Å²) in [5, 5.41) is 12.7. The van der Waals surface area contributed by atoms with Crippen molar-refractivity contribution in [2.45, 2.75) is 53.2 Å². The third-order valence-corrected chi connectivity index (χ3v) is 3.31. The lowest BCUT2D eigenvalue weighted by Crippen LogP contribution is -2.37. The predicted molar refractivity (Wildman–Crippen MR) is 84.4 cm³/mol. The van der Waals surface area contributed by atoms with Crippen LogP contribution in [0.1, 0.15) is 51.3 Å². The molecule has 0 aromatic heterocycles. The van der Waals surface area contributed by atoms with Crippen molar-refractivity contribution in [1.82, 2.24) is 5.32 Å². The van der Waals surface area contributed by atoms with Gasteiger partial charge in [-0.1, -0.05) is 25.5 Å². The number of aliphatic hydroxyl groups excluding tert-OH is 1. The Labute approximate surface area is 127 Å². The average Bonchev–Trinajstić information content (AvgIpc) is 2.39. The Morgan fingerprint density at radius 2 is 1.95 bits per heavy atom. The molecule has 4 nitrogen and oxygen atoms in total. The molecule has 1 aromatic carbocycles. The molecule has 0 aliphatic rings. The summed E-state index contributed by atoms with van der Waals surface area (Å²) in [4.78, 5) is 12.0. The molecule has 4 heteroatoms. The van der Waals surface area contributed by atoms with Crippen LogP contribution in [0.2, 0.25) is 0 Å². The van der Waals surface area contributed by atoms with E-state index in [1.807, 2.05) is 19.1 Å². The lowest BCUT2D eigenvalue weighted by atomic mass is 10.1. The molecule has 0 saturated heterocycles. The van der Waals surface area contributed by atoms with Gasteiger partial charge in [0.2, 0.25) is 0 Å². The van der Waals surface area contributed by atoms with Crippen LogP contribution < -0.4 is 10.1 Å². The Balaban J connectivity index is 2.65. The van der Waals surface area contributed by atoms with Crippen LogP contribution in [0.3, 0.4) is 0 Å². The zero-order chi connectivity index (χ0) is 16.0. The Morgan fingerprint density at radius 3 is 2.52 bits per heavy atom. The van der Waals surface area contributed by atoms with Gasteiger partial charge in [0, 0.05) is 12.1 Å². The van der Waals surface area contributed by atoms with Gasteiger partial charge in [0.05, 0.1) is 6.10 Å². The second-order valence-corrected chi connectivity index (χ2v) is 5.95. The van der Waals surface area contributed by atoms with Crippen LogP contribution in [0.15, 0.2) is 18.2 Å². The van der Waals surface area contributed by atoms with E-state index in [0.29, 0.717) is 23.8 Å². The first-order chi connectivity index (χ1) is 9.81. The molecule has 21 heavy (non-hydrogen) atoms. The van der Waals surface area contributed by atoms with Gasteiger partial charge in [0.15, 0.2) is 6.10 Å². The van der Waals surface area contributed by atoms with Crippen molar-refractivity contribution in [3.63, 3.8) is 0 Å². The third-order valence-electron chi connectivity index (χ3n) is 3.31. The molecule has 0 aliphatic carbocycles. The van der Waals surface area contributed by atoms with E-state index in [4.69, 9.17) is 4.74 Å². The van der Waals surface area contributed by atoms with Crippen LogP contribution in [0.25, 0.3) is 0 Å². The summed E-state index contributed by atoms with van der Waals surface area (Å²) in [6.07, 6.45) is -0.268. The normalized spacial score (nSPS) is 13.9. The lowest BCUT2D eigenvalue weighted by molar-refractivity contribution is -0.127. The minimum absolute atomic E-state index is 0.132. The highest BCUT2D eigenvalue weighted by Gasteiger charge is 2.17. The lowest BCUT2D eigenvalue weighted by Gasteiger charge is -2.19.